The lowest BCUT2D eigenvalue weighted by atomic mass is 10.0. The summed E-state index contributed by atoms with van der Waals surface area (Å²) in [5.41, 5.74) is 11.3. The number of aromatic nitrogens is 2. The normalized spacial score (nSPS) is 10.6. The molecule has 0 bridgehead atoms. The third kappa shape index (κ3) is 4.23. The minimum Gasteiger partial charge on any atom is -0.366 e. The van der Waals surface area contributed by atoms with Gasteiger partial charge < -0.3 is 11.1 Å². The van der Waals surface area contributed by atoms with E-state index in [0.717, 1.165) is 16.8 Å². The number of nitrogens with zero attached hydrogens (tertiary/aromatic N) is 2. The summed E-state index contributed by atoms with van der Waals surface area (Å²) in [5, 5.41) is 7.60. The highest BCUT2D eigenvalue weighted by Gasteiger charge is 2.19. The van der Waals surface area contributed by atoms with Crippen molar-refractivity contribution in [1.82, 2.24) is 9.78 Å². The van der Waals surface area contributed by atoms with Gasteiger partial charge in [0.05, 0.1) is 11.3 Å². The molecule has 0 radical (unpaired) electrons. The fraction of sp³-hybridized carbons (Fsp3) is 0.0800. The number of aryl methyl sites for hydroxylation is 2. The first-order chi connectivity index (χ1) is 14.9. The Bertz CT molecular complexity index is 1260. The van der Waals surface area contributed by atoms with E-state index in [-0.39, 0.29) is 5.91 Å². The minimum absolute atomic E-state index is 0.290. The van der Waals surface area contributed by atoms with Crippen LogP contribution in [0.3, 0.4) is 0 Å². The molecular weight excluding hydrogens is 388 g/mol. The molecule has 4 rings (SSSR count). The molecule has 6 nitrogen and oxygen atoms in total. The fourth-order valence-corrected chi connectivity index (χ4v) is 3.27. The molecule has 154 valence electrons. The molecule has 0 aliphatic heterocycles. The van der Waals surface area contributed by atoms with Gasteiger partial charge in [-0.25, -0.2) is 4.68 Å². The average molecular weight is 410 g/mol. The third-order valence-corrected chi connectivity index (χ3v) is 5.19. The van der Waals surface area contributed by atoms with Crippen molar-refractivity contribution in [3.63, 3.8) is 0 Å². The zero-order valence-electron chi connectivity index (χ0n) is 17.3. The Balaban J connectivity index is 1.74. The number of rotatable bonds is 5. The molecule has 0 saturated carbocycles. The summed E-state index contributed by atoms with van der Waals surface area (Å²) in [5.74, 6) is -0.804. The number of hydrogen-bond acceptors (Lipinski definition) is 3. The molecule has 3 N–H and O–H groups in total. The molecule has 0 aliphatic carbocycles. The van der Waals surface area contributed by atoms with Crippen LogP contribution in [0.5, 0.6) is 0 Å². The number of amides is 2. The molecule has 4 aromatic rings. The van der Waals surface area contributed by atoms with Gasteiger partial charge in [-0.05, 0) is 67.4 Å². The number of hydrogen-bond donors (Lipinski definition) is 2. The van der Waals surface area contributed by atoms with E-state index < -0.39 is 5.91 Å². The molecule has 3 aromatic carbocycles. The van der Waals surface area contributed by atoms with E-state index in [2.05, 4.69) is 5.32 Å². The molecule has 1 heterocycles. The number of carbonyl (C=O) groups is 2. The lowest BCUT2D eigenvalue weighted by molar-refractivity contribution is 0.0998. The largest absolute Gasteiger partial charge is 0.366 e. The van der Waals surface area contributed by atoms with Crippen LogP contribution >= 0.6 is 0 Å². The number of benzene rings is 3. The van der Waals surface area contributed by atoms with Crippen LogP contribution in [0.4, 0.5) is 5.69 Å². The van der Waals surface area contributed by atoms with Crippen LogP contribution in [0.1, 0.15) is 31.8 Å². The van der Waals surface area contributed by atoms with E-state index in [9.17, 15) is 9.59 Å². The molecule has 1 aromatic heterocycles. The summed E-state index contributed by atoms with van der Waals surface area (Å²) in [4.78, 5) is 24.4. The zero-order valence-corrected chi connectivity index (χ0v) is 17.3. The Kier molecular flexibility index (Phi) is 5.37. The fourth-order valence-electron chi connectivity index (χ4n) is 3.27. The van der Waals surface area contributed by atoms with E-state index in [1.54, 1.807) is 35.1 Å². The van der Waals surface area contributed by atoms with Crippen LogP contribution in [0.25, 0.3) is 16.9 Å². The molecule has 0 saturated heterocycles. The second-order valence-electron chi connectivity index (χ2n) is 7.37. The van der Waals surface area contributed by atoms with Crippen molar-refractivity contribution in [2.45, 2.75) is 13.8 Å². The van der Waals surface area contributed by atoms with Crippen molar-refractivity contribution in [3.8, 4) is 16.9 Å². The quantitative estimate of drug-likeness (QED) is 0.507. The number of primary amides is 1. The van der Waals surface area contributed by atoms with Crippen LogP contribution < -0.4 is 11.1 Å². The Morgan fingerprint density at radius 1 is 0.903 bits per heavy atom. The van der Waals surface area contributed by atoms with Gasteiger partial charge >= 0.3 is 0 Å². The van der Waals surface area contributed by atoms with Gasteiger partial charge in [0.1, 0.15) is 5.69 Å². The van der Waals surface area contributed by atoms with Gasteiger partial charge in [-0.2, -0.15) is 5.10 Å². The zero-order chi connectivity index (χ0) is 22.0. The molecule has 0 fully saturated rings. The first kappa shape index (κ1) is 20.1. The van der Waals surface area contributed by atoms with Gasteiger partial charge in [0.2, 0.25) is 5.91 Å². The van der Waals surface area contributed by atoms with Gasteiger partial charge in [0, 0.05) is 23.0 Å². The summed E-state index contributed by atoms with van der Waals surface area (Å²) in [6.45, 7) is 4.08. The SMILES string of the molecule is Cc1ccc(-c2nn(-c3ccccc3)cc2C(=O)Nc2ccc(C(N)=O)cc2)cc1C. The Morgan fingerprint density at radius 2 is 1.61 bits per heavy atom. The van der Waals surface area contributed by atoms with Crippen molar-refractivity contribution in [3.05, 3.63) is 101 Å². The average Bonchev–Trinajstić information content (AvgIpc) is 3.22. The van der Waals surface area contributed by atoms with E-state index in [4.69, 9.17) is 10.8 Å². The highest BCUT2D eigenvalue weighted by molar-refractivity contribution is 6.08. The van der Waals surface area contributed by atoms with E-state index in [0.29, 0.717) is 22.5 Å². The molecule has 2 amide bonds. The van der Waals surface area contributed by atoms with E-state index in [1.807, 2.05) is 62.4 Å². The molecule has 0 unspecified atom stereocenters. The van der Waals surface area contributed by atoms with Crippen LogP contribution in [0, 0.1) is 13.8 Å². The first-order valence-electron chi connectivity index (χ1n) is 9.86. The van der Waals surface area contributed by atoms with Crippen LogP contribution in [0.2, 0.25) is 0 Å². The molecule has 0 spiro atoms. The minimum atomic E-state index is -0.515. The summed E-state index contributed by atoms with van der Waals surface area (Å²) in [6.07, 6.45) is 1.73. The molecular formula is C25H22N4O2. The lowest BCUT2D eigenvalue weighted by Crippen LogP contribution is -2.13. The maximum Gasteiger partial charge on any atom is 0.259 e. The highest BCUT2D eigenvalue weighted by atomic mass is 16.2. The van der Waals surface area contributed by atoms with Gasteiger partial charge in [0.25, 0.3) is 5.91 Å². The second-order valence-corrected chi connectivity index (χ2v) is 7.37. The van der Waals surface area contributed by atoms with Crippen molar-refractivity contribution >= 4 is 17.5 Å². The smallest absolute Gasteiger partial charge is 0.259 e. The molecule has 0 aliphatic rings. The number of anilines is 1. The maximum absolute atomic E-state index is 13.2. The van der Waals surface area contributed by atoms with Gasteiger partial charge in [-0.3, -0.25) is 9.59 Å². The Hall–Kier alpha value is -4.19. The second kappa shape index (κ2) is 8.28. The van der Waals surface area contributed by atoms with Crippen molar-refractivity contribution in [2.24, 2.45) is 5.73 Å². The Morgan fingerprint density at radius 3 is 2.26 bits per heavy atom. The van der Waals surface area contributed by atoms with Crippen LogP contribution in [-0.4, -0.2) is 21.6 Å². The number of nitrogens with two attached hydrogens (primary N) is 1. The summed E-state index contributed by atoms with van der Waals surface area (Å²) in [7, 11) is 0. The third-order valence-electron chi connectivity index (χ3n) is 5.19. The summed E-state index contributed by atoms with van der Waals surface area (Å²) >= 11 is 0. The Labute approximate surface area is 180 Å². The molecule has 6 heteroatoms. The van der Waals surface area contributed by atoms with Crippen molar-refractivity contribution < 1.29 is 9.59 Å². The molecule has 0 atom stereocenters. The van der Waals surface area contributed by atoms with Crippen molar-refractivity contribution in [2.75, 3.05) is 5.32 Å². The topological polar surface area (TPSA) is 90.0 Å². The van der Waals surface area contributed by atoms with Gasteiger partial charge in [0.15, 0.2) is 0 Å². The lowest BCUT2D eigenvalue weighted by Gasteiger charge is -2.07. The van der Waals surface area contributed by atoms with Gasteiger partial charge in [-0.1, -0.05) is 30.3 Å². The van der Waals surface area contributed by atoms with Crippen LogP contribution in [0.15, 0.2) is 79.0 Å². The van der Waals surface area contributed by atoms with Crippen molar-refractivity contribution in [1.29, 1.82) is 0 Å². The molecule has 31 heavy (non-hydrogen) atoms. The van der Waals surface area contributed by atoms with E-state index >= 15 is 0 Å². The predicted molar refractivity (Wildman–Crippen MR) is 121 cm³/mol. The van der Waals surface area contributed by atoms with E-state index in [1.165, 1.54) is 5.56 Å². The summed E-state index contributed by atoms with van der Waals surface area (Å²) < 4.78 is 1.70. The highest BCUT2D eigenvalue weighted by Crippen LogP contribution is 2.26. The summed E-state index contributed by atoms with van der Waals surface area (Å²) in [6, 6.07) is 22.1. The standard InChI is InChI=1S/C25H22N4O2/c1-16-8-9-19(14-17(16)2)23-22(15-29(28-23)21-6-4-3-5-7-21)25(31)27-20-12-10-18(11-13-20)24(26)30/h3-15H,1-2H3,(H2,26,30)(H,27,31). The number of nitrogens with one attached hydrogen (secondary N) is 1. The van der Waals surface area contributed by atoms with Gasteiger partial charge in [-0.15, -0.1) is 0 Å². The number of carbonyl (C=O) groups excluding carboxylic acids is 2. The van der Waals surface area contributed by atoms with Crippen LogP contribution in [-0.2, 0) is 0 Å². The predicted octanol–water partition coefficient (Wildman–Crippen LogP) is 4.51. The first-order valence-corrected chi connectivity index (χ1v) is 9.86. The monoisotopic (exact) mass is 410 g/mol. The maximum atomic E-state index is 13.2. The number of para-hydroxylation sites is 1.